The number of hydrogen-bond acceptors (Lipinski definition) is 3. The van der Waals surface area contributed by atoms with Crippen molar-refractivity contribution < 1.29 is 9.59 Å². The molecule has 2 rings (SSSR count). The van der Waals surface area contributed by atoms with Gasteiger partial charge in [0.05, 0.1) is 5.75 Å². The van der Waals surface area contributed by atoms with E-state index in [-0.39, 0.29) is 17.9 Å². The lowest BCUT2D eigenvalue weighted by molar-refractivity contribution is -0.138. The van der Waals surface area contributed by atoms with Crippen LogP contribution < -0.4 is 5.32 Å². The van der Waals surface area contributed by atoms with Crippen molar-refractivity contribution in [2.75, 3.05) is 5.75 Å². The molecule has 0 unspecified atom stereocenters. The van der Waals surface area contributed by atoms with Crippen molar-refractivity contribution in [2.45, 2.75) is 58.5 Å². The van der Waals surface area contributed by atoms with E-state index in [0.717, 1.165) is 17.7 Å². The minimum Gasteiger partial charge on any atom is -0.352 e. The van der Waals surface area contributed by atoms with Gasteiger partial charge in [0.2, 0.25) is 11.8 Å². The zero-order valence-electron chi connectivity index (χ0n) is 18.2. The second-order valence-corrected chi connectivity index (χ2v) is 8.98. The molecule has 0 aliphatic heterocycles. The molecule has 6 heteroatoms. The summed E-state index contributed by atoms with van der Waals surface area (Å²) in [5.74, 6) is 0.912. The first-order valence-electron chi connectivity index (χ1n) is 10.3. The molecule has 2 aromatic rings. The number of amides is 2. The lowest BCUT2D eigenvalue weighted by Crippen LogP contribution is -2.50. The van der Waals surface area contributed by atoms with Crippen LogP contribution >= 0.6 is 23.4 Å². The molecule has 0 aromatic heterocycles. The van der Waals surface area contributed by atoms with Gasteiger partial charge in [-0.05, 0) is 56.0 Å². The lowest BCUT2D eigenvalue weighted by atomic mass is 10.1. The van der Waals surface area contributed by atoms with Crippen LogP contribution in [0.25, 0.3) is 0 Å². The third-order valence-corrected chi connectivity index (χ3v) is 6.40. The van der Waals surface area contributed by atoms with Crippen molar-refractivity contribution in [1.29, 1.82) is 0 Å². The van der Waals surface area contributed by atoms with Gasteiger partial charge in [0.1, 0.15) is 6.04 Å². The van der Waals surface area contributed by atoms with Gasteiger partial charge in [-0.15, -0.1) is 11.8 Å². The Morgan fingerprint density at radius 1 is 1.10 bits per heavy atom. The molecule has 0 fully saturated rings. The fourth-order valence-electron chi connectivity index (χ4n) is 2.94. The van der Waals surface area contributed by atoms with Crippen molar-refractivity contribution in [3.05, 3.63) is 70.2 Å². The van der Waals surface area contributed by atoms with Crippen LogP contribution in [0.3, 0.4) is 0 Å². The van der Waals surface area contributed by atoms with Crippen molar-refractivity contribution >= 4 is 35.2 Å². The van der Waals surface area contributed by atoms with Gasteiger partial charge in [-0.2, -0.15) is 0 Å². The molecule has 0 saturated carbocycles. The monoisotopic (exact) mass is 446 g/mol. The average Bonchev–Trinajstić information content (AvgIpc) is 2.73. The number of aryl methyl sites for hydroxylation is 1. The Balaban J connectivity index is 2.08. The van der Waals surface area contributed by atoms with Gasteiger partial charge in [0.25, 0.3) is 0 Å². The zero-order chi connectivity index (χ0) is 22.1. The quantitative estimate of drug-likeness (QED) is 0.544. The lowest BCUT2D eigenvalue weighted by Gasteiger charge is -2.29. The summed E-state index contributed by atoms with van der Waals surface area (Å²) in [5, 5.41) is 3.63. The number of carbonyl (C=O) groups excluding carboxylic acids is 2. The molecule has 4 nitrogen and oxygen atoms in total. The van der Waals surface area contributed by atoms with E-state index < -0.39 is 6.04 Å². The highest BCUT2D eigenvalue weighted by Crippen LogP contribution is 2.19. The molecule has 30 heavy (non-hydrogen) atoms. The van der Waals surface area contributed by atoms with Crippen LogP contribution in [-0.4, -0.2) is 34.6 Å². The Labute approximate surface area is 189 Å². The van der Waals surface area contributed by atoms with Gasteiger partial charge in [0, 0.05) is 23.4 Å². The summed E-state index contributed by atoms with van der Waals surface area (Å²) in [6, 6.07) is 15.1. The molecule has 0 bridgehead atoms. The summed E-state index contributed by atoms with van der Waals surface area (Å²) in [5.41, 5.74) is 3.39. The van der Waals surface area contributed by atoms with Crippen LogP contribution in [0, 0.1) is 6.92 Å². The number of benzene rings is 2. The largest absolute Gasteiger partial charge is 0.352 e. The Hall–Kier alpha value is -1.98. The molecule has 0 spiro atoms. The molecule has 2 aromatic carbocycles. The summed E-state index contributed by atoms with van der Waals surface area (Å²) < 4.78 is 0. The van der Waals surface area contributed by atoms with Gasteiger partial charge in [-0.25, -0.2) is 0 Å². The van der Waals surface area contributed by atoms with Gasteiger partial charge < -0.3 is 10.2 Å². The van der Waals surface area contributed by atoms with Crippen molar-refractivity contribution in [1.82, 2.24) is 10.2 Å². The van der Waals surface area contributed by atoms with E-state index >= 15 is 0 Å². The maximum absolute atomic E-state index is 13.1. The first-order valence-corrected chi connectivity index (χ1v) is 11.8. The van der Waals surface area contributed by atoms with Crippen LogP contribution in [0.5, 0.6) is 0 Å². The fourth-order valence-corrected chi connectivity index (χ4v) is 4.05. The predicted molar refractivity (Wildman–Crippen MR) is 127 cm³/mol. The number of nitrogens with one attached hydrogen (secondary N) is 1. The molecule has 0 aliphatic carbocycles. The highest BCUT2D eigenvalue weighted by molar-refractivity contribution is 7.99. The summed E-state index contributed by atoms with van der Waals surface area (Å²) in [7, 11) is 0. The van der Waals surface area contributed by atoms with Gasteiger partial charge in [-0.3, -0.25) is 9.59 Å². The third kappa shape index (κ3) is 7.37. The Morgan fingerprint density at radius 2 is 1.77 bits per heavy atom. The molecule has 0 heterocycles. The maximum Gasteiger partial charge on any atom is 0.242 e. The fraction of sp³-hybridized carbons (Fsp3) is 0.417. The zero-order valence-corrected chi connectivity index (χ0v) is 19.7. The average molecular weight is 447 g/mol. The van der Waals surface area contributed by atoms with Gasteiger partial charge in [0.15, 0.2) is 0 Å². The van der Waals surface area contributed by atoms with E-state index in [1.165, 1.54) is 11.1 Å². The maximum atomic E-state index is 13.1. The van der Waals surface area contributed by atoms with Crippen LogP contribution in [0.15, 0.2) is 48.5 Å². The van der Waals surface area contributed by atoms with E-state index in [1.54, 1.807) is 35.7 Å². The van der Waals surface area contributed by atoms with E-state index in [1.807, 2.05) is 38.1 Å². The van der Waals surface area contributed by atoms with Crippen LogP contribution in [-0.2, 0) is 21.9 Å². The SMILES string of the molecule is CC[C@H](C)NC(=O)[C@@H](C)N(Cc1ccc(Cl)cc1)C(=O)CSCc1ccccc1C. The van der Waals surface area contributed by atoms with E-state index in [9.17, 15) is 9.59 Å². The first-order chi connectivity index (χ1) is 14.3. The second-order valence-electron chi connectivity index (χ2n) is 7.56. The molecule has 162 valence electrons. The molecular weight excluding hydrogens is 416 g/mol. The summed E-state index contributed by atoms with van der Waals surface area (Å²) in [4.78, 5) is 27.5. The number of halogens is 1. The van der Waals surface area contributed by atoms with Crippen molar-refractivity contribution in [3.63, 3.8) is 0 Å². The van der Waals surface area contributed by atoms with E-state index in [2.05, 4.69) is 24.4 Å². The minimum absolute atomic E-state index is 0.0460. The molecular formula is C24H31ClN2O2S. The van der Waals surface area contributed by atoms with E-state index in [0.29, 0.717) is 17.3 Å². The van der Waals surface area contributed by atoms with E-state index in [4.69, 9.17) is 11.6 Å². The standard InChI is InChI=1S/C24H31ClN2O2S/c1-5-18(3)26-24(29)19(4)27(14-20-10-12-22(25)13-11-20)23(28)16-30-15-21-9-7-6-8-17(21)2/h6-13,18-19H,5,14-16H2,1-4H3,(H,26,29)/t18-,19+/m0/s1. The van der Waals surface area contributed by atoms with Crippen LogP contribution in [0.1, 0.15) is 43.9 Å². The number of carbonyl (C=O) groups is 2. The highest BCUT2D eigenvalue weighted by Gasteiger charge is 2.26. The number of rotatable bonds is 10. The highest BCUT2D eigenvalue weighted by atomic mass is 35.5. The second kappa shape index (κ2) is 12.0. The third-order valence-electron chi connectivity index (χ3n) is 5.18. The number of thioether (sulfide) groups is 1. The molecule has 1 N–H and O–H groups in total. The van der Waals surface area contributed by atoms with Gasteiger partial charge in [-0.1, -0.05) is 54.9 Å². The molecule has 0 saturated heterocycles. The Morgan fingerprint density at radius 3 is 2.40 bits per heavy atom. The normalized spacial score (nSPS) is 12.8. The van der Waals surface area contributed by atoms with Crippen LogP contribution in [0.2, 0.25) is 5.02 Å². The number of hydrogen-bond donors (Lipinski definition) is 1. The Kier molecular flexibility index (Phi) is 9.73. The molecule has 0 radical (unpaired) electrons. The van der Waals surface area contributed by atoms with Crippen molar-refractivity contribution in [3.8, 4) is 0 Å². The van der Waals surface area contributed by atoms with Gasteiger partial charge >= 0.3 is 0 Å². The van der Waals surface area contributed by atoms with Crippen LogP contribution in [0.4, 0.5) is 0 Å². The number of nitrogens with zero attached hydrogens (tertiary/aromatic N) is 1. The topological polar surface area (TPSA) is 49.4 Å². The smallest absolute Gasteiger partial charge is 0.242 e. The summed E-state index contributed by atoms with van der Waals surface area (Å²) in [6.45, 7) is 8.22. The molecule has 2 amide bonds. The summed E-state index contributed by atoms with van der Waals surface area (Å²) >= 11 is 7.56. The Bertz CT molecular complexity index is 841. The molecule has 0 aliphatic rings. The summed E-state index contributed by atoms with van der Waals surface area (Å²) in [6.07, 6.45) is 0.843. The first kappa shape index (κ1) is 24.3. The molecule has 2 atom stereocenters. The minimum atomic E-state index is -0.554. The van der Waals surface area contributed by atoms with Crippen molar-refractivity contribution in [2.24, 2.45) is 0 Å². The predicted octanol–water partition coefficient (Wildman–Crippen LogP) is 5.21.